The van der Waals surface area contributed by atoms with Crippen LogP contribution in [0.4, 0.5) is 0 Å². The monoisotopic (exact) mass is 537 g/mol. The molecule has 1 N–H and O–H groups in total. The minimum absolute atomic E-state index is 0.260. The zero-order chi connectivity index (χ0) is 28.5. The Morgan fingerprint density at radius 3 is 1.11 bits per heavy atom. The van der Waals surface area contributed by atoms with Gasteiger partial charge in [0, 0.05) is 12.8 Å². The predicted molar refractivity (Wildman–Crippen MR) is 160 cm³/mol. The molecule has 5 nitrogen and oxygen atoms in total. The van der Waals surface area contributed by atoms with Crippen molar-refractivity contribution in [2.45, 2.75) is 194 Å². The Kier molecular flexibility index (Phi) is 23.7. The summed E-state index contributed by atoms with van der Waals surface area (Å²) in [4.78, 5) is 40.2. The fourth-order valence-electron chi connectivity index (χ4n) is 5.30. The molecule has 0 heterocycles. The van der Waals surface area contributed by atoms with E-state index >= 15 is 0 Å². The second-order valence-corrected chi connectivity index (χ2v) is 11.7. The van der Waals surface area contributed by atoms with E-state index in [0.29, 0.717) is 12.8 Å². The van der Waals surface area contributed by atoms with E-state index in [-0.39, 0.29) is 24.7 Å². The number of carboxylic acid groups (broad SMARTS) is 1. The number of carbonyl (C=O) groups is 3. The van der Waals surface area contributed by atoms with E-state index in [1.165, 1.54) is 77.0 Å². The van der Waals surface area contributed by atoms with Crippen molar-refractivity contribution in [3.8, 4) is 0 Å². The molecule has 38 heavy (non-hydrogen) atoms. The molecule has 2 amide bonds. The largest absolute Gasteiger partial charge is 0.479 e. The van der Waals surface area contributed by atoms with Crippen LogP contribution in [0.5, 0.6) is 0 Å². The molecule has 5 heteroatoms. The summed E-state index contributed by atoms with van der Waals surface area (Å²) < 4.78 is 0. The highest BCUT2D eigenvalue weighted by Crippen LogP contribution is 2.27. The maximum Gasteiger partial charge on any atom is 0.329 e. The topological polar surface area (TPSA) is 74.7 Å². The first-order valence-electron chi connectivity index (χ1n) is 16.4. The summed E-state index contributed by atoms with van der Waals surface area (Å²) in [6, 6.07) is 0. The van der Waals surface area contributed by atoms with Gasteiger partial charge in [0.05, 0.1) is 0 Å². The Morgan fingerprint density at radius 1 is 0.500 bits per heavy atom. The fraction of sp³-hybridized carbons (Fsp3) is 0.909. The summed E-state index contributed by atoms with van der Waals surface area (Å²) in [5, 5.41) is 10.2. The Balaban J connectivity index is 4.83. The number of unbranched alkanes of at least 4 members (excludes halogenated alkanes) is 19. The lowest BCUT2D eigenvalue weighted by Gasteiger charge is -2.37. The van der Waals surface area contributed by atoms with Crippen LogP contribution in [0.15, 0.2) is 0 Å². The minimum atomic E-state index is -1.46. The number of hydrogen-bond acceptors (Lipinski definition) is 3. The van der Waals surface area contributed by atoms with Crippen molar-refractivity contribution in [1.29, 1.82) is 0 Å². The zero-order valence-corrected chi connectivity index (χ0v) is 25.8. The van der Waals surface area contributed by atoms with Crippen molar-refractivity contribution < 1.29 is 19.5 Å². The molecule has 0 spiro atoms. The molecule has 0 radical (unpaired) electrons. The first-order chi connectivity index (χ1) is 18.3. The van der Waals surface area contributed by atoms with Crippen LogP contribution in [0.25, 0.3) is 0 Å². The molecule has 0 aliphatic carbocycles. The van der Waals surface area contributed by atoms with Gasteiger partial charge in [-0.3, -0.25) is 14.5 Å². The van der Waals surface area contributed by atoms with E-state index in [1.54, 1.807) is 6.92 Å². The van der Waals surface area contributed by atoms with Crippen LogP contribution in [0, 0.1) is 0 Å². The van der Waals surface area contributed by atoms with Crippen molar-refractivity contribution in [1.82, 2.24) is 4.90 Å². The maximum absolute atomic E-state index is 13.3. The average Bonchev–Trinajstić information content (AvgIpc) is 2.89. The van der Waals surface area contributed by atoms with Crippen molar-refractivity contribution in [2.75, 3.05) is 0 Å². The number of carbonyl (C=O) groups excluding carboxylic acids is 2. The second-order valence-electron chi connectivity index (χ2n) is 11.7. The smallest absolute Gasteiger partial charge is 0.329 e. The Morgan fingerprint density at radius 2 is 0.789 bits per heavy atom. The van der Waals surface area contributed by atoms with Crippen LogP contribution in [-0.2, 0) is 14.4 Å². The van der Waals surface area contributed by atoms with Crippen molar-refractivity contribution in [2.24, 2.45) is 0 Å². The van der Waals surface area contributed by atoms with Crippen molar-refractivity contribution in [3.63, 3.8) is 0 Å². The van der Waals surface area contributed by atoms with Gasteiger partial charge in [0.15, 0.2) is 0 Å². The highest BCUT2D eigenvalue weighted by atomic mass is 16.4. The molecule has 0 aromatic carbocycles. The first-order valence-corrected chi connectivity index (χ1v) is 16.4. The molecule has 0 fully saturated rings. The molecule has 0 aliphatic heterocycles. The zero-order valence-electron chi connectivity index (χ0n) is 25.8. The van der Waals surface area contributed by atoms with Crippen LogP contribution in [0.3, 0.4) is 0 Å². The molecule has 0 bridgehead atoms. The molecule has 0 rings (SSSR count). The van der Waals surface area contributed by atoms with Gasteiger partial charge in [0.2, 0.25) is 11.8 Å². The lowest BCUT2D eigenvalue weighted by Crippen LogP contribution is -2.57. The summed E-state index contributed by atoms with van der Waals surface area (Å²) in [5.41, 5.74) is -1.46. The van der Waals surface area contributed by atoms with Gasteiger partial charge in [-0.15, -0.1) is 0 Å². The van der Waals surface area contributed by atoms with Gasteiger partial charge in [-0.05, 0) is 26.2 Å². The highest BCUT2D eigenvalue weighted by molar-refractivity contribution is 6.00. The Labute approximate surface area is 235 Å². The van der Waals surface area contributed by atoms with E-state index < -0.39 is 11.5 Å². The molecule has 0 saturated carbocycles. The summed E-state index contributed by atoms with van der Waals surface area (Å²) in [6.07, 6.45) is 25.3. The number of rotatable bonds is 27. The van der Waals surface area contributed by atoms with Crippen LogP contribution in [-0.4, -0.2) is 33.3 Å². The molecule has 1 unspecified atom stereocenters. The maximum atomic E-state index is 13.3. The molecule has 224 valence electrons. The summed E-state index contributed by atoms with van der Waals surface area (Å²) in [5.74, 6) is -1.66. The van der Waals surface area contributed by atoms with Crippen LogP contribution in [0.1, 0.15) is 188 Å². The summed E-state index contributed by atoms with van der Waals surface area (Å²) >= 11 is 0. The summed E-state index contributed by atoms with van der Waals surface area (Å²) in [6.45, 7) is 8.14. The van der Waals surface area contributed by atoms with E-state index in [2.05, 4.69) is 20.8 Å². The minimum Gasteiger partial charge on any atom is -0.479 e. The average molecular weight is 538 g/mol. The van der Waals surface area contributed by atoms with E-state index in [1.807, 2.05) is 0 Å². The van der Waals surface area contributed by atoms with Crippen LogP contribution >= 0.6 is 0 Å². The lowest BCUT2D eigenvalue weighted by molar-refractivity contribution is -0.166. The molecule has 0 aliphatic rings. The van der Waals surface area contributed by atoms with Gasteiger partial charge in [-0.1, -0.05) is 149 Å². The van der Waals surface area contributed by atoms with Crippen molar-refractivity contribution in [3.05, 3.63) is 0 Å². The number of carboxylic acids is 1. The first kappa shape index (κ1) is 36.6. The van der Waals surface area contributed by atoms with Crippen molar-refractivity contribution >= 4 is 17.8 Å². The standard InChI is InChI=1S/C33H63NO4/c1-5-8-11-14-16-17-18-19-21-23-25-28-31(36)34(30(35)27-24-22-20-15-12-9-6-2)33(4,32(37)38)29-26-13-10-7-3/h5-29H2,1-4H3,(H,37,38). The van der Waals surface area contributed by atoms with Crippen LogP contribution < -0.4 is 0 Å². The number of imide groups is 1. The Bertz CT molecular complexity index is 606. The summed E-state index contributed by atoms with van der Waals surface area (Å²) in [7, 11) is 0. The molecule has 0 saturated heterocycles. The predicted octanol–water partition coefficient (Wildman–Crippen LogP) is 10.00. The van der Waals surface area contributed by atoms with Gasteiger partial charge in [0.1, 0.15) is 5.54 Å². The van der Waals surface area contributed by atoms with E-state index in [9.17, 15) is 19.5 Å². The van der Waals surface area contributed by atoms with Gasteiger partial charge in [-0.25, -0.2) is 4.79 Å². The number of hydrogen-bond donors (Lipinski definition) is 1. The third kappa shape index (κ3) is 17.2. The molecule has 0 aromatic rings. The molecule has 0 aromatic heterocycles. The number of amides is 2. The number of aliphatic carboxylic acids is 1. The third-order valence-electron chi connectivity index (χ3n) is 7.96. The lowest BCUT2D eigenvalue weighted by atomic mass is 9.90. The van der Waals surface area contributed by atoms with Gasteiger partial charge in [-0.2, -0.15) is 0 Å². The molecular weight excluding hydrogens is 474 g/mol. The normalized spacial score (nSPS) is 12.8. The highest BCUT2D eigenvalue weighted by Gasteiger charge is 2.44. The van der Waals surface area contributed by atoms with E-state index in [0.717, 1.165) is 62.7 Å². The Hall–Kier alpha value is -1.39. The second kappa shape index (κ2) is 24.6. The number of nitrogens with zero attached hydrogens (tertiary/aromatic N) is 1. The molecule has 1 atom stereocenters. The van der Waals surface area contributed by atoms with Gasteiger partial charge < -0.3 is 5.11 Å². The van der Waals surface area contributed by atoms with Crippen LogP contribution in [0.2, 0.25) is 0 Å². The molecular formula is C33H63NO4. The van der Waals surface area contributed by atoms with Gasteiger partial charge in [0.25, 0.3) is 0 Å². The SMILES string of the molecule is CCCCCCCCCCCCCC(=O)N(C(=O)CCCCCCCCC)C(C)(CCCCCC)C(=O)O. The van der Waals surface area contributed by atoms with Gasteiger partial charge >= 0.3 is 5.97 Å². The van der Waals surface area contributed by atoms with E-state index in [4.69, 9.17) is 0 Å². The fourth-order valence-corrected chi connectivity index (χ4v) is 5.30. The quantitative estimate of drug-likeness (QED) is 0.106. The third-order valence-corrected chi connectivity index (χ3v) is 7.96.